The van der Waals surface area contributed by atoms with Crippen molar-refractivity contribution in [2.75, 3.05) is 11.5 Å². The number of nitrogen functional groups attached to an aromatic ring is 2. The highest BCUT2D eigenvalue weighted by atomic mass is 19.4. The number of unbranched alkanes of at least 4 members (excludes halogenated alkanes) is 2. The lowest BCUT2D eigenvalue weighted by Crippen LogP contribution is -2.76. The molecule has 2 nitrogen and oxygen atoms in total. The van der Waals surface area contributed by atoms with Crippen molar-refractivity contribution in [1.29, 1.82) is 0 Å². The standard InChI is InChI=1S/C38H44F20N2/c1-7-11-13-21-15-23(17-25(27(21)59)19(5)9-3)29(39,40)31(43,44)33(47,48)35(51,52)37(55,56)38(57,58)36(53,54)34(49,50)32(45,46)30(41,42)24-16-22(14-12-8-2)28(60)26(18-24)20(6)10-4/h15-20H,7-14,59-60H2,1-6H3. The van der Waals surface area contributed by atoms with E-state index in [-0.39, 0.29) is 87.0 Å². The van der Waals surface area contributed by atoms with Crippen molar-refractivity contribution in [3.8, 4) is 0 Å². The summed E-state index contributed by atoms with van der Waals surface area (Å²) < 4.78 is 301. The summed E-state index contributed by atoms with van der Waals surface area (Å²) >= 11 is 0. The van der Waals surface area contributed by atoms with Crippen LogP contribution < -0.4 is 11.5 Å². The van der Waals surface area contributed by atoms with Crippen molar-refractivity contribution >= 4 is 11.4 Å². The van der Waals surface area contributed by atoms with E-state index in [0.717, 1.165) is 0 Å². The fraction of sp³-hybridized carbons (Fsp3) is 0.684. The highest BCUT2D eigenvalue weighted by molar-refractivity contribution is 5.59. The predicted octanol–water partition coefficient (Wildman–Crippen LogP) is 14.5. The molecule has 0 aliphatic heterocycles. The lowest BCUT2D eigenvalue weighted by molar-refractivity contribution is -0.470. The molecule has 0 saturated heterocycles. The van der Waals surface area contributed by atoms with Gasteiger partial charge in [-0.3, -0.25) is 0 Å². The highest BCUT2D eigenvalue weighted by Gasteiger charge is 2.97. The first-order chi connectivity index (χ1) is 26.9. The molecule has 0 saturated carbocycles. The number of anilines is 2. The molecule has 0 spiro atoms. The van der Waals surface area contributed by atoms with Gasteiger partial charge in [0.2, 0.25) is 0 Å². The molecule has 0 radical (unpaired) electrons. The van der Waals surface area contributed by atoms with Gasteiger partial charge in [0.1, 0.15) is 0 Å². The predicted molar refractivity (Wildman–Crippen MR) is 184 cm³/mol. The Kier molecular flexibility index (Phi) is 15.0. The molecule has 0 heterocycles. The first-order valence-corrected chi connectivity index (χ1v) is 18.5. The largest absolute Gasteiger partial charge is 0.398 e. The zero-order chi connectivity index (χ0) is 47.3. The lowest BCUT2D eigenvalue weighted by atomic mass is 9.82. The van der Waals surface area contributed by atoms with E-state index in [1.165, 1.54) is 41.5 Å². The van der Waals surface area contributed by atoms with Crippen LogP contribution in [0.3, 0.4) is 0 Å². The Morgan fingerprint density at radius 1 is 0.400 bits per heavy atom. The molecule has 0 aliphatic rings. The van der Waals surface area contributed by atoms with Crippen LogP contribution in [0.25, 0.3) is 0 Å². The number of halogens is 20. The summed E-state index contributed by atoms with van der Waals surface area (Å²) in [5.41, 5.74) is 4.37. The van der Waals surface area contributed by atoms with Gasteiger partial charge in [0.25, 0.3) is 0 Å². The second kappa shape index (κ2) is 17.1. The average Bonchev–Trinajstić information content (AvgIpc) is 3.15. The third-order valence-electron chi connectivity index (χ3n) is 10.8. The molecule has 0 aliphatic carbocycles. The molecule has 2 rings (SSSR count). The van der Waals surface area contributed by atoms with Crippen molar-refractivity contribution < 1.29 is 87.8 Å². The van der Waals surface area contributed by atoms with Gasteiger partial charge in [-0.1, -0.05) is 54.4 Å². The molecule has 0 bridgehead atoms. The normalized spacial score (nSPS) is 15.7. The molecule has 4 N–H and O–H groups in total. The Morgan fingerprint density at radius 3 is 0.850 bits per heavy atom. The third kappa shape index (κ3) is 7.84. The number of rotatable bonds is 21. The summed E-state index contributed by atoms with van der Waals surface area (Å²) in [7, 11) is 0. The Balaban J connectivity index is 2.84. The van der Waals surface area contributed by atoms with Gasteiger partial charge in [-0.05, 0) is 96.9 Å². The molecule has 0 aromatic heterocycles. The second-order valence-electron chi connectivity index (χ2n) is 14.8. The Hall–Kier alpha value is -3.36. The van der Waals surface area contributed by atoms with Crippen LogP contribution >= 0.6 is 0 Å². The van der Waals surface area contributed by atoms with Gasteiger partial charge in [0.05, 0.1) is 0 Å². The van der Waals surface area contributed by atoms with Gasteiger partial charge in [-0.25, -0.2) is 0 Å². The lowest BCUT2D eigenvalue weighted by Gasteiger charge is -2.45. The first-order valence-electron chi connectivity index (χ1n) is 18.5. The van der Waals surface area contributed by atoms with Crippen molar-refractivity contribution in [1.82, 2.24) is 0 Å². The summed E-state index contributed by atoms with van der Waals surface area (Å²) in [5, 5.41) is 0. The van der Waals surface area contributed by atoms with E-state index in [2.05, 4.69) is 0 Å². The summed E-state index contributed by atoms with van der Waals surface area (Å²) in [6.45, 7) is 8.29. The summed E-state index contributed by atoms with van der Waals surface area (Å²) in [5.74, 6) is -85.2. The van der Waals surface area contributed by atoms with Gasteiger partial charge in [0.15, 0.2) is 0 Å². The third-order valence-corrected chi connectivity index (χ3v) is 10.8. The minimum Gasteiger partial charge on any atom is -0.398 e. The van der Waals surface area contributed by atoms with Crippen LogP contribution in [0.15, 0.2) is 24.3 Å². The molecule has 22 heteroatoms. The van der Waals surface area contributed by atoms with E-state index in [1.807, 2.05) is 0 Å². The van der Waals surface area contributed by atoms with Crippen LogP contribution in [0.1, 0.15) is 125 Å². The Bertz CT molecular complexity index is 1680. The van der Waals surface area contributed by atoms with E-state index in [0.29, 0.717) is 0 Å². The second-order valence-corrected chi connectivity index (χ2v) is 14.8. The first kappa shape index (κ1) is 52.8. The number of nitrogens with two attached hydrogens (primary N) is 2. The molecule has 2 aromatic rings. The average molecular weight is 909 g/mol. The topological polar surface area (TPSA) is 52.0 Å². The monoisotopic (exact) mass is 908 g/mol. The minimum absolute atomic E-state index is 0.0233. The maximum absolute atomic E-state index is 15.4. The fourth-order valence-electron chi connectivity index (χ4n) is 6.18. The molecule has 0 fully saturated rings. The zero-order valence-electron chi connectivity index (χ0n) is 32.8. The molecule has 2 atom stereocenters. The summed E-state index contributed by atoms with van der Waals surface area (Å²) in [6.07, 6.45) is -0.151. The van der Waals surface area contributed by atoms with Crippen LogP contribution in [-0.4, -0.2) is 47.4 Å². The maximum Gasteiger partial charge on any atom is 0.385 e. The molecular weight excluding hydrogens is 864 g/mol. The van der Waals surface area contributed by atoms with E-state index in [1.54, 1.807) is 0 Å². The van der Waals surface area contributed by atoms with Crippen LogP contribution in [0.4, 0.5) is 99.2 Å². The molecule has 2 unspecified atom stereocenters. The highest BCUT2D eigenvalue weighted by Crippen LogP contribution is 2.67. The van der Waals surface area contributed by atoms with Crippen molar-refractivity contribution in [2.45, 2.75) is 164 Å². The van der Waals surface area contributed by atoms with E-state index < -0.39 is 104 Å². The van der Waals surface area contributed by atoms with Gasteiger partial charge in [0, 0.05) is 22.5 Å². The van der Waals surface area contributed by atoms with E-state index in [9.17, 15) is 52.7 Å². The van der Waals surface area contributed by atoms with E-state index >= 15 is 35.1 Å². The minimum atomic E-state index is -9.13. The SMILES string of the molecule is CCCCc1cc(C(F)(F)C(F)(F)C(F)(F)C(F)(F)C(F)(F)C(F)(F)C(F)(F)C(F)(F)C(F)(F)C(F)(F)c2cc(CCCC)c(N)c(C(C)CC)c2)cc(C(C)CC)c1N. The summed E-state index contributed by atoms with van der Waals surface area (Å²) in [6, 6.07) is -0.0974. The molecule has 346 valence electrons. The van der Waals surface area contributed by atoms with Crippen LogP contribution in [-0.2, 0) is 24.7 Å². The number of benzene rings is 2. The van der Waals surface area contributed by atoms with Crippen molar-refractivity contribution in [2.24, 2.45) is 0 Å². The summed E-state index contributed by atoms with van der Waals surface area (Å²) in [4.78, 5) is 0. The van der Waals surface area contributed by atoms with Gasteiger partial charge in [-0.15, -0.1) is 0 Å². The number of hydrogen-bond donors (Lipinski definition) is 2. The Labute approximate surface area is 332 Å². The van der Waals surface area contributed by atoms with Crippen LogP contribution in [0, 0.1) is 0 Å². The van der Waals surface area contributed by atoms with Crippen molar-refractivity contribution in [3.63, 3.8) is 0 Å². The quantitative estimate of drug-likeness (QED) is 0.0968. The van der Waals surface area contributed by atoms with Crippen LogP contribution in [0.5, 0.6) is 0 Å². The molecule has 60 heavy (non-hydrogen) atoms. The van der Waals surface area contributed by atoms with Crippen molar-refractivity contribution in [3.05, 3.63) is 57.6 Å². The molecule has 0 amide bonds. The van der Waals surface area contributed by atoms with Gasteiger partial charge in [-0.2, -0.15) is 87.8 Å². The van der Waals surface area contributed by atoms with Crippen LogP contribution in [0.2, 0.25) is 0 Å². The maximum atomic E-state index is 15.4. The molecule has 2 aromatic carbocycles. The van der Waals surface area contributed by atoms with Gasteiger partial charge < -0.3 is 11.5 Å². The van der Waals surface area contributed by atoms with E-state index in [4.69, 9.17) is 11.5 Å². The smallest absolute Gasteiger partial charge is 0.385 e. The zero-order valence-corrected chi connectivity index (χ0v) is 32.8. The number of alkyl halides is 20. The Morgan fingerprint density at radius 2 is 0.633 bits per heavy atom. The fourth-order valence-corrected chi connectivity index (χ4v) is 6.18. The number of aryl methyl sites for hydroxylation is 2. The van der Waals surface area contributed by atoms with Gasteiger partial charge >= 0.3 is 59.2 Å². The molecular formula is C38H44F20N2. The number of hydrogen-bond acceptors (Lipinski definition) is 2.